The molecule has 6 unspecified atom stereocenters. The molecule has 4 N–H and O–H groups in total. The monoisotopic (exact) mass is 701 g/mol. The predicted molar refractivity (Wildman–Crippen MR) is 196 cm³/mol. The van der Waals surface area contributed by atoms with E-state index in [9.17, 15) is 25.2 Å². The number of ether oxygens (including phenoxy) is 4. The van der Waals surface area contributed by atoms with Crippen LogP contribution in [0.1, 0.15) is 174 Å². The minimum atomic E-state index is -1.53. The van der Waals surface area contributed by atoms with E-state index in [0.717, 1.165) is 44.9 Å². The molecule has 0 aliphatic carbocycles. The lowest BCUT2D eigenvalue weighted by atomic mass is 9.99. The molecule has 1 heterocycles. The van der Waals surface area contributed by atoms with E-state index in [1.165, 1.54) is 109 Å². The molecule has 0 aromatic carbocycles. The predicted octanol–water partition coefficient (Wildman–Crippen LogP) is 8.08. The van der Waals surface area contributed by atoms with Gasteiger partial charge in [-0.3, -0.25) is 4.79 Å². The quantitative estimate of drug-likeness (QED) is 0.0299. The normalized spacial score (nSPS) is 21.8. The lowest BCUT2D eigenvalue weighted by Crippen LogP contribution is -2.59. The molecule has 0 saturated carbocycles. The first-order valence-electron chi connectivity index (χ1n) is 20.3. The molecule has 290 valence electrons. The molecule has 0 aromatic rings. The van der Waals surface area contributed by atoms with Gasteiger partial charge >= 0.3 is 5.97 Å². The second-order valence-electron chi connectivity index (χ2n) is 14.1. The van der Waals surface area contributed by atoms with Crippen LogP contribution in [-0.2, 0) is 23.7 Å². The first-order chi connectivity index (χ1) is 23.9. The number of unbranched alkanes of at least 4 members (excludes halogenated alkanes) is 21. The molecule has 1 aliphatic rings. The van der Waals surface area contributed by atoms with Gasteiger partial charge in [-0.1, -0.05) is 142 Å². The molecule has 0 spiro atoms. The minimum Gasteiger partial charge on any atom is -0.457 e. The van der Waals surface area contributed by atoms with E-state index in [0.29, 0.717) is 13.0 Å². The van der Waals surface area contributed by atoms with E-state index in [2.05, 4.69) is 26.0 Å². The number of carbonyl (C=O) groups excluding carboxylic acids is 1. The van der Waals surface area contributed by atoms with Crippen molar-refractivity contribution in [2.75, 3.05) is 26.4 Å². The van der Waals surface area contributed by atoms with Crippen LogP contribution in [0.4, 0.5) is 0 Å². The Morgan fingerprint density at radius 2 is 1.12 bits per heavy atom. The number of allylic oxidation sites excluding steroid dienone is 2. The third-order valence-electron chi connectivity index (χ3n) is 9.43. The van der Waals surface area contributed by atoms with Crippen molar-refractivity contribution in [3.8, 4) is 0 Å². The molecular weight excluding hydrogens is 624 g/mol. The third-order valence-corrected chi connectivity index (χ3v) is 9.43. The van der Waals surface area contributed by atoms with Crippen molar-refractivity contribution in [2.24, 2.45) is 0 Å². The maximum absolute atomic E-state index is 12.7. The van der Waals surface area contributed by atoms with Crippen molar-refractivity contribution in [1.82, 2.24) is 0 Å². The van der Waals surface area contributed by atoms with Gasteiger partial charge in [-0.15, -0.1) is 0 Å². The van der Waals surface area contributed by atoms with Crippen LogP contribution in [-0.4, -0.2) is 89.6 Å². The number of hydrogen-bond acceptors (Lipinski definition) is 9. The van der Waals surface area contributed by atoms with Gasteiger partial charge in [0.25, 0.3) is 0 Å². The Balaban J connectivity index is 2.31. The molecule has 0 bridgehead atoms. The molecule has 1 aliphatic heterocycles. The van der Waals surface area contributed by atoms with Gasteiger partial charge in [0.2, 0.25) is 0 Å². The van der Waals surface area contributed by atoms with Crippen LogP contribution in [0, 0.1) is 0 Å². The van der Waals surface area contributed by atoms with E-state index >= 15 is 0 Å². The van der Waals surface area contributed by atoms with Crippen LogP contribution >= 0.6 is 0 Å². The van der Waals surface area contributed by atoms with Gasteiger partial charge in [-0.2, -0.15) is 0 Å². The zero-order valence-electron chi connectivity index (χ0n) is 31.5. The van der Waals surface area contributed by atoms with Crippen molar-refractivity contribution < 1.29 is 44.2 Å². The molecule has 9 nitrogen and oxygen atoms in total. The van der Waals surface area contributed by atoms with Crippen LogP contribution in [0.2, 0.25) is 0 Å². The van der Waals surface area contributed by atoms with Gasteiger partial charge in [-0.25, -0.2) is 0 Å². The Morgan fingerprint density at radius 1 is 0.633 bits per heavy atom. The summed E-state index contributed by atoms with van der Waals surface area (Å²) in [6.45, 7) is 4.55. The van der Waals surface area contributed by atoms with Crippen LogP contribution in [0.15, 0.2) is 12.2 Å². The maximum Gasteiger partial charge on any atom is 0.306 e. The first-order valence-corrected chi connectivity index (χ1v) is 20.3. The van der Waals surface area contributed by atoms with E-state index in [1.54, 1.807) is 0 Å². The lowest BCUT2D eigenvalue weighted by Gasteiger charge is -2.39. The van der Waals surface area contributed by atoms with Crippen molar-refractivity contribution in [2.45, 2.75) is 211 Å². The molecule has 9 heteroatoms. The average Bonchev–Trinajstić information content (AvgIpc) is 3.10. The van der Waals surface area contributed by atoms with Crippen LogP contribution in [0.5, 0.6) is 0 Å². The average molecular weight is 701 g/mol. The van der Waals surface area contributed by atoms with Crippen molar-refractivity contribution in [1.29, 1.82) is 0 Å². The highest BCUT2D eigenvalue weighted by atomic mass is 16.7. The molecule has 1 rings (SSSR count). The highest BCUT2D eigenvalue weighted by molar-refractivity contribution is 5.69. The summed E-state index contributed by atoms with van der Waals surface area (Å²) in [6.07, 6.45) is 26.6. The molecule has 0 radical (unpaired) electrons. The van der Waals surface area contributed by atoms with Crippen LogP contribution in [0.25, 0.3) is 0 Å². The summed E-state index contributed by atoms with van der Waals surface area (Å²) in [7, 11) is 0. The standard InChI is InChI=1S/C40H76O9/c1-3-5-7-9-11-13-15-16-17-18-19-21-23-25-27-29-36(42)48-34(33-47-40-39(45)38(44)37(43)35(31-41)49-40)32-46-30-28-26-24-22-20-14-12-10-8-6-4-2/h16-17,34-35,37-41,43-45H,3-15,18-33H2,1-2H3/b17-16-. The number of hydrogen-bond donors (Lipinski definition) is 4. The number of aliphatic hydroxyl groups excluding tert-OH is 4. The Hall–Kier alpha value is -1.07. The fraction of sp³-hybridized carbons (Fsp3) is 0.925. The van der Waals surface area contributed by atoms with Crippen molar-refractivity contribution >= 4 is 5.97 Å². The summed E-state index contributed by atoms with van der Waals surface area (Å²) in [4.78, 5) is 12.7. The van der Waals surface area contributed by atoms with E-state index in [1.807, 2.05) is 0 Å². The zero-order chi connectivity index (χ0) is 35.8. The van der Waals surface area contributed by atoms with Crippen LogP contribution in [0.3, 0.4) is 0 Å². The number of esters is 1. The van der Waals surface area contributed by atoms with E-state index in [-0.39, 0.29) is 19.2 Å². The Labute approximate surface area is 299 Å². The smallest absolute Gasteiger partial charge is 0.306 e. The van der Waals surface area contributed by atoms with E-state index < -0.39 is 43.4 Å². The Morgan fingerprint density at radius 3 is 1.65 bits per heavy atom. The topological polar surface area (TPSA) is 135 Å². The molecule has 1 fully saturated rings. The van der Waals surface area contributed by atoms with Gasteiger partial charge < -0.3 is 39.4 Å². The summed E-state index contributed by atoms with van der Waals surface area (Å²) < 4.78 is 22.7. The summed E-state index contributed by atoms with van der Waals surface area (Å²) in [5, 5.41) is 39.9. The number of aliphatic hydroxyl groups is 4. The van der Waals surface area contributed by atoms with Gasteiger partial charge in [0, 0.05) is 13.0 Å². The molecular formula is C40H76O9. The zero-order valence-corrected chi connectivity index (χ0v) is 31.5. The summed E-state index contributed by atoms with van der Waals surface area (Å²) in [5.74, 6) is -0.321. The van der Waals surface area contributed by atoms with Crippen LogP contribution < -0.4 is 0 Å². The summed E-state index contributed by atoms with van der Waals surface area (Å²) in [5.41, 5.74) is 0. The fourth-order valence-electron chi connectivity index (χ4n) is 6.19. The Kier molecular flexibility index (Phi) is 30.8. The summed E-state index contributed by atoms with van der Waals surface area (Å²) >= 11 is 0. The molecule has 0 aromatic heterocycles. The van der Waals surface area contributed by atoms with Crippen molar-refractivity contribution in [3.05, 3.63) is 12.2 Å². The maximum atomic E-state index is 12.7. The lowest BCUT2D eigenvalue weighted by molar-refractivity contribution is -0.305. The van der Waals surface area contributed by atoms with Gasteiger partial charge in [0.1, 0.15) is 30.5 Å². The van der Waals surface area contributed by atoms with Gasteiger partial charge in [-0.05, 0) is 38.5 Å². The molecule has 1 saturated heterocycles. The number of carbonyl (C=O) groups is 1. The molecule has 0 amide bonds. The Bertz CT molecular complexity index is 762. The minimum absolute atomic E-state index is 0.112. The second-order valence-corrected chi connectivity index (χ2v) is 14.1. The SMILES string of the molecule is CCCCCCCC/C=C\CCCCCCCC(=O)OC(COCCCCCCCCCCCCC)COC1OC(CO)C(O)C(O)C1O. The fourth-order valence-corrected chi connectivity index (χ4v) is 6.19. The first kappa shape index (κ1) is 46.0. The molecule has 6 atom stereocenters. The molecule has 49 heavy (non-hydrogen) atoms. The summed E-state index contributed by atoms with van der Waals surface area (Å²) in [6, 6.07) is 0. The van der Waals surface area contributed by atoms with Gasteiger partial charge in [0.05, 0.1) is 19.8 Å². The highest BCUT2D eigenvalue weighted by Gasteiger charge is 2.44. The third kappa shape index (κ3) is 24.7. The highest BCUT2D eigenvalue weighted by Crippen LogP contribution is 2.22. The van der Waals surface area contributed by atoms with Crippen molar-refractivity contribution in [3.63, 3.8) is 0 Å². The number of rotatable bonds is 34. The van der Waals surface area contributed by atoms with E-state index in [4.69, 9.17) is 18.9 Å². The second kappa shape index (κ2) is 32.8. The largest absolute Gasteiger partial charge is 0.457 e. The van der Waals surface area contributed by atoms with Gasteiger partial charge in [0.15, 0.2) is 6.29 Å².